The van der Waals surface area contributed by atoms with Gasteiger partial charge in [0.2, 0.25) is 5.91 Å². The van der Waals surface area contributed by atoms with Crippen LogP contribution in [0.3, 0.4) is 0 Å². The maximum absolute atomic E-state index is 12.9. The van der Waals surface area contributed by atoms with Gasteiger partial charge in [-0.25, -0.2) is 0 Å². The molecule has 0 spiro atoms. The van der Waals surface area contributed by atoms with Crippen molar-refractivity contribution in [3.8, 4) is 11.4 Å². The number of nitrogens with one attached hydrogen (secondary N) is 1. The molecule has 1 aromatic heterocycles. The first-order chi connectivity index (χ1) is 13.5. The largest absolute Gasteiger partial charge is 0.494 e. The quantitative estimate of drug-likeness (QED) is 0.642. The van der Waals surface area contributed by atoms with Crippen molar-refractivity contribution in [1.29, 1.82) is 0 Å². The summed E-state index contributed by atoms with van der Waals surface area (Å²) in [5, 5.41) is 15.0. The average molecular weight is 415 g/mol. The molecule has 2 aromatic carbocycles. The summed E-state index contributed by atoms with van der Waals surface area (Å²) < 4.78 is 7.14. The normalized spacial score (nSPS) is 15.1. The third-order valence-corrected chi connectivity index (χ3v) is 4.95. The van der Waals surface area contributed by atoms with Gasteiger partial charge in [0.25, 0.3) is 0 Å². The highest BCUT2D eigenvalue weighted by molar-refractivity contribution is 5.98. The Hall–Kier alpha value is -2.97. The summed E-state index contributed by atoms with van der Waals surface area (Å²) in [4.78, 5) is 12.9. The van der Waals surface area contributed by atoms with E-state index in [9.17, 15) is 4.79 Å². The number of methoxy groups -OCH3 is 1. The molecular formula is C20H23ClN6O2. The Kier molecular flexibility index (Phi) is 5.86. The molecule has 1 amide bonds. The van der Waals surface area contributed by atoms with Crippen molar-refractivity contribution in [3.63, 3.8) is 0 Å². The van der Waals surface area contributed by atoms with Crippen LogP contribution in [0.25, 0.3) is 5.69 Å². The standard InChI is InChI=1S/C20H22N6O2.ClH/c1-20(21,14-6-4-3-5-7-14)19(27)22-15-10-11-17(28-2)16(12-15)26-18(13-8-9-13)23-24-25-26;/h3-7,10-13H,8-9,21H2,1-2H3,(H,22,27);1H. The number of amides is 1. The van der Waals surface area contributed by atoms with E-state index in [1.54, 1.807) is 36.9 Å². The summed E-state index contributed by atoms with van der Waals surface area (Å²) in [5.74, 6) is 1.47. The molecule has 1 aliphatic rings. The predicted molar refractivity (Wildman–Crippen MR) is 112 cm³/mol. The van der Waals surface area contributed by atoms with Gasteiger partial charge in [0.1, 0.15) is 17.0 Å². The van der Waals surface area contributed by atoms with Crippen LogP contribution in [0.15, 0.2) is 48.5 Å². The van der Waals surface area contributed by atoms with E-state index in [4.69, 9.17) is 10.5 Å². The Morgan fingerprint density at radius 3 is 2.62 bits per heavy atom. The second-order valence-electron chi connectivity index (χ2n) is 7.13. The topological polar surface area (TPSA) is 108 Å². The first-order valence-corrected chi connectivity index (χ1v) is 9.13. The number of hydrogen-bond donors (Lipinski definition) is 2. The van der Waals surface area contributed by atoms with E-state index < -0.39 is 5.54 Å². The Morgan fingerprint density at radius 1 is 1.24 bits per heavy atom. The van der Waals surface area contributed by atoms with Crippen molar-refractivity contribution in [2.75, 3.05) is 12.4 Å². The fourth-order valence-corrected chi connectivity index (χ4v) is 3.07. The van der Waals surface area contributed by atoms with Crippen molar-refractivity contribution in [3.05, 3.63) is 59.9 Å². The number of carbonyl (C=O) groups is 1. The molecule has 8 nitrogen and oxygen atoms in total. The molecule has 0 aliphatic heterocycles. The molecule has 0 radical (unpaired) electrons. The van der Waals surface area contributed by atoms with Gasteiger partial charge < -0.3 is 15.8 Å². The molecule has 3 N–H and O–H groups in total. The number of rotatable bonds is 6. The number of ether oxygens (including phenoxy) is 1. The zero-order valence-electron chi connectivity index (χ0n) is 16.2. The first-order valence-electron chi connectivity index (χ1n) is 9.13. The molecule has 152 valence electrons. The number of benzene rings is 2. The number of halogens is 1. The minimum Gasteiger partial charge on any atom is -0.494 e. The molecule has 1 unspecified atom stereocenters. The number of aromatic nitrogens is 4. The van der Waals surface area contributed by atoms with Crippen LogP contribution in [0.1, 0.15) is 37.1 Å². The van der Waals surface area contributed by atoms with Crippen LogP contribution in [0, 0.1) is 0 Å². The molecule has 0 saturated heterocycles. The Balaban J connectivity index is 0.00000240. The molecule has 1 fully saturated rings. The number of anilines is 1. The molecule has 1 atom stereocenters. The lowest BCUT2D eigenvalue weighted by Gasteiger charge is -2.24. The van der Waals surface area contributed by atoms with Crippen LogP contribution < -0.4 is 15.8 Å². The van der Waals surface area contributed by atoms with Gasteiger partial charge in [0, 0.05) is 11.6 Å². The van der Waals surface area contributed by atoms with Crippen LogP contribution >= 0.6 is 12.4 Å². The van der Waals surface area contributed by atoms with Gasteiger partial charge in [-0.3, -0.25) is 4.79 Å². The minimum absolute atomic E-state index is 0. The lowest BCUT2D eigenvalue weighted by atomic mass is 9.92. The lowest BCUT2D eigenvalue weighted by molar-refractivity contribution is -0.120. The number of carbonyl (C=O) groups excluding carboxylic acids is 1. The summed E-state index contributed by atoms with van der Waals surface area (Å²) in [5.41, 5.74) is 7.14. The van der Waals surface area contributed by atoms with E-state index in [1.165, 1.54) is 0 Å². The lowest BCUT2D eigenvalue weighted by Crippen LogP contribution is -2.45. The maximum atomic E-state index is 12.9. The van der Waals surface area contributed by atoms with Crippen LogP contribution in [0.5, 0.6) is 5.75 Å². The third-order valence-electron chi connectivity index (χ3n) is 4.95. The second kappa shape index (κ2) is 8.18. The summed E-state index contributed by atoms with van der Waals surface area (Å²) in [6, 6.07) is 14.6. The first kappa shape index (κ1) is 20.8. The highest BCUT2D eigenvalue weighted by Gasteiger charge is 2.32. The average Bonchev–Trinajstić information content (AvgIpc) is 3.45. The van der Waals surface area contributed by atoms with Crippen molar-refractivity contribution >= 4 is 24.0 Å². The van der Waals surface area contributed by atoms with E-state index in [2.05, 4.69) is 20.8 Å². The summed E-state index contributed by atoms with van der Waals surface area (Å²) in [6.45, 7) is 1.69. The van der Waals surface area contributed by atoms with Crippen LogP contribution in [-0.2, 0) is 10.3 Å². The highest BCUT2D eigenvalue weighted by atomic mass is 35.5. The van der Waals surface area contributed by atoms with E-state index in [1.807, 2.05) is 30.3 Å². The van der Waals surface area contributed by atoms with Crippen LogP contribution in [0.4, 0.5) is 5.69 Å². The van der Waals surface area contributed by atoms with Crippen molar-refractivity contribution in [2.24, 2.45) is 5.73 Å². The van der Waals surface area contributed by atoms with Gasteiger partial charge in [0.15, 0.2) is 5.82 Å². The molecule has 1 aliphatic carbocycles. The van der Waals surface area contributed by atoms with Crippen molar-refractivity contribution < 1.29 is 9.53 Å². The van der Waals surface area contributed by atoms with Crippen molar-refractivity contribution in [2.45, 2.75) is 31.2 Å². The minimum atomic E-state index is -1.17. The molecule has 1 heterocycles. The fourth-order valence-electron chi connectivity index (χ4n) is 3.07. The maximum Gasteiger partial charge on any atom is 0.248 e. The van der Waals surface area contributed by atoms with Crippen LogP contribution in [-0.4, -0.2) is 33.2 Å². The number of nitrogens with zero attached hydrogens (tertiary/aromatic N) is 4. The van der Waals surface area contributed by atoms with Gasteiger partial charge in [-0.05, 0) is 54.0 Å². The third kappa shape index (κ3) is 4.08. The van der Waals surface area contributed by atoms with Gasteiger partial charge in [-0.2, -0.15) is 4.68 Å². The Morgan fingerprint density at radius 2 is 1.97 bits per heavy atom. The highest BCUT2D eigenvalue weighted by Crippen LogP contribution is 2.40. The molecule has 0 bridgehead atoms. The summed E-state index contributed by atoms with van der Waals surface area (Å²) >= 11 is 0. The zero-order chi connectivity index (χ0) is 19.7. The molecule has 3 aromatic rings. The SMILES string of the molecule is COc1ccc(NC(=O)C(C)(N)c2ccccc2)cc1-n1nnnc1C1CC1.Cl. The fraction of sp³-hybridized carbons (Fsp3) is 0.300. The number of tetrazole rings is 1. The van der Waals surface area contributed by atoms with Crippen LogP contribution in [0.2, 0.25) is 0 Å². The molecule has 1 saturated carbocycles. The molecular weight excluding hydrogens is 392 g/mol. The van der Waals surface area contributed by atoms with Gasteiger partial charge in [-0.1, -0.05) is 30.3 Å². The van der Waals surface area contributed by atoms with E-state index in [0.29, 0.717) is 23.0 Å². The Bertz CT molecular complexity index is 1000. The second-order valence-corrected chi connectivity index (χ2v) is 7.13. The number of nitrogens with two attached hydrogens (primary N) is 1. The predicted octanol–water partition coefficient (Wildman–Crippen LogP) is 2.78. The van der Waals surface area contributed by atoms with E-state index >= 15 is 0 Å². The van der Waals surface area contributed by atoms with Gasteiger partial charge in [-0.15, -0.1) is 17.5 Å². The molecule has 9 heteroatoms. The zero-order valence-corrected chi connectivity index (χ0v) is 17.0. The van der Waals surface area contributed by atoms with Gasteiger partial charge in [0.05, 0.1) is 7.11 Å². The van der Waals surface area contributed by atoms with Crippen molar-refractivity contribution in [1.82, 2.24) is 20.2 Å². The molecule has 29 heavy (non-hydrogen) atoms. The van der Waals surface area contributed by atoms with E-state index in [-0.39, 0.29) is 18.3 Å². The van der Waals surface area contributed by atoms with E-state index in [0.717, 1.165) is 24.2 Å². The number of hydrogen-bond acceptors (Lipinski definition) is 6. The molecule has 4 rings (SSSR count). The Labute approximate surface area is 174 Å². The summed E-state index contributed by atoms with van der Waals surface area (Å²) in [6.07, 6.45) is 2.14. The summed E-state index contributed by atoms with van der Waals surface area (Å²) in [7, 11) is 1.59. The monoisotopic (exact) mass is 414 g/mol. The smallest absolute Gasteiger partial charge is 0.248 e. The van der Waals surface area contributed by atoms with Gasteiger partial charge >= 0.3 is 0 Å².